The quantitative estimate of drug-likeness (QED) is 0.336. The van der Waals surface area contributed by atoms with Gasteiger partial charge in [0.25, 0.3) is 0 Å². The van der Waals surface area contributed by atoms with Gasteiger partial charge in [-0.3, -0.25) is 4.79 Å². The van der Waals surface area contributed by atoms with E-state index < -0.39 is 5.92 Å². The average Bonchev–Trinajstić information content (AvgIpc) is 2.92. The molecule has 0 saturated carbocycles. The largest absolute Gasteiger partial charge is 0.425 e. The number of hydrogen-bond acceptors (Lipinski definition) is 2. The summed E-state index contributed by atoms with van der Waals surface area (Å²) in [6.07, 6.45) is 0. The van der Waals surface area contributed by atoms with Gasteiger partial charge in [-0.25, -0.2) is 0 Å². The highest BCUT2D eigenvalue weighted by molar-refractivity contribution is 5.90. The molecule has 0 amide bonds. The van der Waals surface area contributed by atoms with Crippen molar-refractivity contribution in [1.82, 2.24) is 0 Å². The third-order valence-electron chi connectivity index (χ3n) is 6.56. The molecule has 32 heavy (non-hydrogen) atoms. The van der Waals surface area contributed by atoms with E-state index in [1.807, 2.05) is 0 Å². The number of rotatable bonds is 1. The standard InChI is InChI=1S/C30H42O2/c1-27(2,3)19-13-18(14-20(15-19)28(4,5)6)24-22-16-21(29(7,8)9)17-23(30(10,11)12)25(22)32-26(24)31/h13-17,24H,1-12H3. The fourth-order valence-electron chi connectivity index (χ4n) is 4.26. The first-order valence-electron chi connectivity index (χ1n) is 11.9. The highest BCUT2D eigenvalue weighted by Gasteiger charge is 2.40. The van der Waals surface area contributed by atoms with E-state index in [2.05, 4.69) is 113 Å². The van der Waals surface area contributed by atoms with Crippen molar-refractivity contribution in [3.63, 3.8) is 0 Å². The summed E-state index contributed by atoms with van der Waals surface area (Å²) in [7, 11) is 0. The van der Waals surface area contributed by atoms with Crippen LogP contribution in [0.25, 0.3) is 0 Å². The Hall–Kier alpha value is -2.09. The van der Waals surface area contributed by atoms with Crippen molar-refractivity contribution >= 4 is 5.97 Å². The lowest BCUT2D eigenvalue weighted by molar-refractivity contribution is -0.133. The number of fused-ring (bicyclic) bond motifs is 1. The molecule has 0 aromatic heterocycles. The highest BCUT2D eigenvalue weighted by atomic mass is 16.5. The normalized spacial score (nSPS) is 17.4. The molecular formula is C30H42O2. The number of esters is 1. The first-order chi connectivity index (χ1) is 14.3. The molecule has 0 saturated heterocycles. The lowest BCUT2D eigenvalue weighted by atomic mass is 9.75. The van der Waals surface area contributed by atoms with Crippen LogP contribution in [0, 0.1) is 0 Å². The lowest BCUT2D eigenvalue weighted by Crippen LogP contribution is -2.19. The fraction of sp³-hybridized carbons (Fsp3) is 0.567. The summed E-state index contributed by atoms with van der Waals surface area (Å²) in [6, 6.07) is 11.2. The van der Waals surface area contributed by atoms with E-state index in [1.54, 1.807) is 0 Å². The number of hydrogen-bond donors (Lipinski definition) is 0. The highest BCUT2D eigenvalue weighted by Crippen LogP contribution is 2.48. The first kappa shape index (κ1) is 24.6. The van der Waals surface area contributed by atoms with Gasteiger partial charge in [-0.05, 0) is 43.9 Å². The van der Waals surface area contributed by atoms with Crippen LogP contribution >= 0.6 is 0 Å². The molecule has 174 valence electrons. The molecule has 0 bridgehead atoms. The molecule has 2 nitrogen and oxygen atoms in total. The van der Waals surface area contributed by atoms with E-state index in [4.69, 9.17) is 4.74 Å². The lowest BCUT2D eigenvalue weighted by Gasteiger charge is -2.28. The topological polar surface area (TPSA) is 26.3 Å². The molecule has 1 aliphatic rings. The van der Waals surface area contributed by atoms with E-state index in [-0.39, 0.29) is 27.6 Å². The van der Waals surface area contributed by atoms with E-state index in [0.29, 0.717) is 0 Å². The second-order valence-corrected chi connectivity index (χ2v) is 13.6. The zero-order valence-electron chi connectivity index (χ0n) is 22.3. The van der Waals surface area contributed by atoms with Crippen molar-refractivity contribution < 1.29 is 9.53 Å². The number of benzene rings is 2. The van der Waals surface area contributed by atoms with Gasteiger partial charge in [0.1, 0.15) is 11.7 Å². The van der Waals surface area contributed by atoms with Crippen molar-refractivity contribution in [2.75, 3.05) is 0 Å². The molecule has 0 fully saturated rings. The maximum Gasteiger partial charge on any atom is 0.323 e. The Labute approximate surface area is 195 Å². The molecule has 0 spiro atoms. The van der Waals surface area contributed by atoms with Crippen LogP contribution in [0.4, 0.5) is 0 Å². The zero-order valence-corrected chi connectivity index (χ0v) is 22.3. The number of carbonyl (C=O) groups excluding carboxylic acids is 1. The van der Waals surface area contributed by atoms with Crippen molar-refractivity contribution in [1.29, 1.82) is 0 Å². The molecule has 1 heterocycles. The number of ether oxygens (including phenoxy) is 1. The van der Waals surface area contributed by atoms with Gasteiger partial charge in [0.05, 0.1) is 0 Å². The second kappa shape index (κ2) is 7.47. The van der Waals surface area contributed by atoms with Gasteiger partial charge >= 0.3 is 5.97 Å². The molecule has 2 heteroatoms. The molecule has 1 atom stereocenters. The van der Waals surface area contributed by atoms with Crippen LogP contribution in [0.1, 0.15) is 122 Å². The summed E-state index contributed by atoms with van der Waals surface area (Å²) in [5, 5.41) is 0. The Morgan fingerprint density at radius 2 is 1.03 bits per heavy atom. The Kier molecular flexibility index (Phi) is 5.73. The predicted octanol–water partition coefficient (Wildman–Crippen LogP) is 7.93. The van der Waals surface area contributed by atoms with Crippen LogP contribution < -0.4 is 4.74 Å². The van der Waals surface area contributed by atoms with Crippen molar-refractivity contribution in [2.45, 2.75) is 111 Å². The zero-order chi connectivity index (χ0) is 24.4. The minimum atomic E-state index is -0.392. The second-order valence-electron chi connectivity index (χ2n) is 13.6. The van der Waals surface area contributed by atoms with Gasteiger partial charge in [0.2, 0.25) is 0 Å². The van der Waals surface area contributed by atoms with Crippen LogP contribution in [0.3, 0.4) is 0 Å². The van der Waals surface area contributed by atoms with Crippen LogP contribution in [-0.4, -0.2) is 5.97 Å². The Bertz CT molecular complexity index is 1010. The van der Waals surface area contributed by atoms with E-state index in [1.165, 1.54) is 16.7 Å². The Balaban J connectivity index is 2.33. The van der Waals surface area contributed by atoms with Gasteiger partial charge in [-0.2, -0.15) is 0 Å². The molecule has 1 aliphatic heterocycles. The van der Waals surface area contributed by atoms with Crippen molar-refractivity contribution in [3.8, 4) is 5.75 Å². The first-order valence-corrected chi connectivity index (χ1v) is 11.9. The maximum absolute atomic E-state index is 13.4. The molecule has 0 radical (unpaired) electrons. The Morgan fingerprint density at radius 3 is 1.44 bits per heavy atom. The van der Waals surface area contributed by atoms with Crippen LogP contribution in [0.5, 0.6) is 5.75 Å². The van der Waals surface area contributed by atoms with Gasteiger partial charge in [-0.1, -0.05) is 113 Å². The van der Waals surface area contributed by atoms with E-state index in [9.17, 15) is 4.79 Å². The third-order valence-corrected chi connectivity index (χ3v) is 6.56. The summed E-state index contributed by atoms with van der Waals surface area (Å²) < 4.78 is 6.01. The maximum atomic E-state index is 13.4. The summed E-state index contributed by atoms with van der Waals surface area (Å²) in [5.74, 6) is 0.207. The summed E-state index contributed by atoms with van der Waals surface area (Å²) in [4.78, 5) is 13.4. The number of carbonyl (C=O) groups is 1. The average molecular weight is 435 g/mol. The van der Waals surface area contributed by atoms with E-state index >= 15 is 0 Å². The predicted molar refractivity (Wildman–Crippen MR) is 135 cm³/mol. The van der Waals surface area contributed by atoms with Crippen LogP contribution in [-0.2, 0) is 26.5 Å². The van der Waals surface area contributed by atoms with Crippen LogP contribution in [0.2, 0.25) is 0 Å². The summed E-state index contributed by atoms with van der Waals surface area (Å²) >= 11 is 0. The minimum absolute atomic E-state index is 0.00875. The molecule has 2 aromatic carbocycles. The molecular weight excluding hydrogens is 392 g/mol. The molecule has 0 aliphatic carbocycles. The molecule has 3 rings (SSSR count). The molecule has 1 unspecified atom stereocenters. The monoisotopic (exact) mass is 434 g/mol. The fourth-order valence-corrected chi connectivity index (χ4v) is 4.26. The van der Waals surface area contributed by atoms with Crippen molar-refractivity contribution in [3.05, 3.63) is 63.7 Å². The van der Waals surface area contributed by atoms with Gasteiger partial charge in [0.15, 0.2) is 0 Å². The SMILES string of the molecule is CC(C)(C)c1cc(C2C(=O)Oc3c2cc(C(C)(C)C)cc3C(C)(C)C)cc(C(C)(C)C)c1. The van der Waals surface area contributed by atoms with Crippen LogP contribution in [0.15, 0.2) is 30.3 Å². The summed E-state index contributed by atoms with van der Waals surface area (Å²) in [5.41, 5.74) is 6.76. The molecule has 0 N–H and O–H groups in total. The van der Waals surface area contributed by atoms with Gasteiger partial charge < -0.3 is 4.74 Å². The smallest absolute Gasteiger partial charge is 0.323 e. The van der Waals surface area contributed by atoms with Gasteiger partial charge in [0, 0.05) is 11.1 Å². The van der Waals surface area contributed by atoms with Crippen molar-refractivity contribution in [2.24, 2.45) is 0 Å². The van der Waals surface area contributed by atoms with Gasteiger partial charge in [-0.15, -0.1) is 0 Å². The summed E-state index contributed by atoms with van der Waals surface area (Å²) in [6.45, 7) is 26.6. The minimum Gasteiger partial charge on any atom is -0.425 e. The molecule has 2 aromatic rings. The third kappa shape index (κ3) is 4.65. The van der Waals surface area contributed by atoms with E-state index in [0.717, 1.165) is 22.4 Å². The Morgan fingerprint density at radius 1 is 0.594 bits per heavy atom.